The fourth-order valence-electron chi connectivity index (χ4n) is 8.84. The summed E-state index contributed by atoms with van der Waals surface area (Å²) in [6, 6.07) is 37.8. The van der Waals surface area contributed by atoms with Crippen LogP contribution >= 0.6 is 39.1 Å². The molecule has 0 amide bonds. The third-order valence-electron chi connectivity index (χ3n) is 15.0. The largest absolute Gasteiger partial charge is 0.484 e. The Hall–Kier alpha value is -9.97. The molecular formula is C77H66BrCl2F9N4O8. The van der Waals surface area contributed by atoms with Crippen LogP contribution in [0.25, 0.3) is 19.4 Å². The second-order valence-electron chi connectivity index (χ2n) is 24.6. The molecule has 0 bridgehead atoms. The molecule has 24 heteroatoms. The molecule has 0 aromatic heterocycles. The topological polar surface area (TPSA) is 123 Å². The second-order valence-corrected chi connectivity index (χ2v) is 26.2. The van der Waals surface area contributed by atoms with Crippen molar-refractivity contribution in [1.82, 2.24) is 0 Å². The van der Waals surface area contributed by atoms with E-state index in [4.69, 9.17) is 68.4 Å². The van der Waals surface area contributed by atoms with E-state index in [0.29, 0.717) is 22.3 Å². The maximum Gasteiger partial charge on any atom is 0.420 e. The lowest BCUT2D eigenvalue weighted by Crippen LogP contribution is -2.32. The van der Waals surface area contributed by atoms with Gasteiger partial charge in [-0.15, -0.1) is 0 Å². The highest BCUT2D eigenvalue weighted by atomic mass is 79.9. The summed E-state index contributed by atoms with van der Waals surface area (Å²) in [6.07, 6.45) is -5.30. The molecule has 0 aliphatic heterocycles. The number of hydrogen-bond donors (Lipinski definition) is 0. The lowest BCUT2D eigenvalue weighted by Gasteiger charge is -2.20. The molecule has 0 N–H and O–H groups in total. The maximum atomic E-state index is 13.4. The summed E-state index contributed by atoms with van der Waals surface area (Å²) < 4.78 is 140. The molecular weight excluding hydrogens is 1430 g/mol. The molecule has 4 atom stereocenters. The van der Waals surface area contributed by atoms with Gasteiger partial charge in [-0.3, -0.25) is 19.2 Å². The van der Waals surface area contributed by atoms with Crippen molar-refractivity contribution in [2.75, 3.05) is 26.4 Å². The number of hydrogen-bond acceptors (Lipinski definition) is 8. The van der Waals surface area contributed by atoms with Gasteiger partial charge < -0.3 is 38.3 Å². The molecule has 8 rings (SSSR count). The average molecular weight is 1500 g/mol. The smallest absolute Gasteiger partial charge is 0.420 e. The molecule has 4 unspecified atom stereocenters. The van der Waals surface area contributed by atoms with E-state index in [2.05, 4.69) is 35.3 Å². The van der Waals surface area contributed by atoms with Gasteiger partial charge in [-0.05, 0) is 86.1 Å². The number of ether oxygens (including phenoxy) is 4. The highest BCUT2D eigenvalue weighted by Gasteiger charge is 2.41. The first kappa shape index (κ1) is 81.7. The lowest BCUT2D eigenvalue weighted by atomic mass is 9.93. The fourth-order valence-corrected chi connectivity index (χ4v) is 9.66. The average Bonchev–Trinajstić information content (AvgIpc) is 0.812. The zero-order chi connectivity index (χ0) is 75.2. The van der Waals surface area contributed by atoms with Crippen LogP contribution in [0.2, 0.25) is 10.0 Å². The van der Waals surface area contributed by atoms with E-state index in [-0.39, 0.29) is 113 Å². The number of rotatable bonds is 24. The van der Waals surface area contributed by atoms with Gasteiger partial charge in [0.1, 0.15) is 40.2 Å². The fraction of sp³-hybridized carbons (Fsp3) is 0.273. The Morgan fingerprint density at radius 1 is 0.376 bits per heavy atom. The first-order valence-corrected chi connectivity index (χ1v) is 32.0. The van der Waals surface area contributed by atoms with E-state index >= 15 is 0 Å². The number of Topliss-reactive ketones (excluding diaryl/α,β-unsaturated/α-hetero) is 4. The van der Waals surface area contributed by atoms with E-state index in [1.54, 1.807) is 81.4 Å². The van der Waals surface area contributed by atoms with Gasteiger partial charge in [0.15, 0.2) is 72.8 Å². The zero-order valence-corrected chi connectivity index (χ0v) is 58.9. The minimum Gasteiger partial charge on any atom is -0.484 e. The van der Waals surface area contributed by atoms with Gasteiger partial charge in [-0.25, -0.2) is 52.6 Å². The number of halogens is 12. The van der Waals surface area contributed by atoms with Crippen molar-refractivity contribution in [2.24, 2.45) is 0 Å². The summed E-state index contributed by atoms with van der Waals surface area (Å²) in [5.41, 5.74) is -0.102. The first-order chi connectivity index (χ1) is 47.3. The predicted octanol–water partition coefficient (Wildman–Crippen LogP) is 21.2. The van der Waals surface area contributed by atoms with Crippen molar-refractivity contribution >= 4 is 62.3 Å². The summed E-state index contributed by atoms with van der Waals surface area (Å²) in [7, 11) is 0. The minimum atomic E-state index is -4.98. The molecule has 0 heterocycles. The number of carbonyl (C=O) groups excluding carboxylic acids is 4. The summed E-state index contributed by atoms with van der Waals surface area (Å²) in [5.74, 6) is -7.39. The van der Waals surface area contributed by atoms with Crippen LogP contribution in [-0.4, -0.2) is 71.7 Å². The summed E-state index contributed by atoms with van der Waals surface area (Å²) in [5, 5.41) is 0.390. The third-order valence-corrected chi connectivity index (χ3v) is 16.2. The van der Waals surface area contributed by atoms with Gasteiger partial charge in [0, 0.05) is 68.1 Å². The SMILES string of the molecule is [C-]#[N+]C(C)(COc1cc(F)c(F)cc1Br)CC(=O)c1ccc(C)cc1.[C-]#[N+]C(C)(COc1cc(F)c(F)cc1C(F)(F)F)CC(=O)c1ccc(C)cc1.[C-]#[N+]C(C)(COc1cc(F)ccc1Cl)CC(=O)c1ccc(C)cc1.[C-]#[N+]C(C)(COc1ccc(F)cc1Cl)CC(=O)c1ccc(C)cc1. The van der Waals surface area contributed by atoms with Gasteiger partial charge in [0.2, 0.25) is 0 Å². The monoisotopic (exact) mass is 1490 g/mol. The van der Waals surface area contributed by atoms with Crippen LogP contribution in [0.15, 0.2) is 162 Å². The highest BCUT2D eigenvalue weighted by molar-refractivity contribution is 9.10. The molecule has 0 radical (unpaired) electrons. The van der Waals surface area contributed by atoms with Gasteiger partial charge in [-0.2, -0.15) is 13.2 Å². The number of nitrogens with zero attached hydrogens (tertiary/aromatic N) is 4. The summed E-state index contributed by atoms with van der Waals surface area (Å²) >= 11 is 14.9. The molecule has 0 saturated carbocycles. The van der Waals surface area contributed by atoms with Crippen LogP contribution < -0.4 is 18.9 Å². The quantitative estimate of drug-likeness (QED) is 0.0254. The maximum absolute atomic E-state index is 13.4. The minimum absolute atomic E-state index is 0.00268. The molecule has 0 saturated heterocycles. The molecule has 0 aliphatic rings. The van der Waals surface area contributed by atoms with Crippen LogP contribution in [-0.2, 0) is 6.18 Å². The van der Waals surface area contributed by atoms with Gasteiger partial charge in [-0.1, -0.05) is 143 Å². The molecule has 8 aromatic rings. The van der Waals surface area contributed by atoms with E-state index in [1.165, 1.54) is 31.2 Å². The number of alkyl halides is 3. The van der Waals surface area contributed by atoms with Crippen LogP contribution in [0.1, 0.15) is 123 Å². The molecule has 12 nitrogen and oxygen atoms in total. The third kappa shape index (κ3) is 25.3. The van der Waals surface area contributed by atoms with E-state index < -0.39 is 81.2 Å². The Kier molecular flexibility index (Phi) is 29.4. The van der Waals surface area contributed by atoms with Crippen molar-refractivity contribution in [3.8, 4) is 23.0 Å². The van der Waals surface area contributed by atoms with Crippen LogP contribution in [0.5, 0.6) is 23.0 Å². The molecule has 8 aromatic carbocycles. The Labute approximate surface area is 598 Å². The summed E-state index contributed by atoms with van der Waals surface area (Å²) in [4.78, 5) is 63.4. The molecule has 0 aliphatic carbocycles. The first-order valence-electron chi connectivity index (χ1n) is 30.4. The van der Waals surface area contributed by atoms with E-state index in [1.807, 2.05) is 64.1 Å². The lowest BCUT2D eigenvalue weighted by molar-refractivity contribution is -0.139. The Morgan fingerprint density at radius 3 is 1.00 bits per heavy atom. The van der Waals surface area contributed by atoms with Crippen molar-refractivity contribution in [3.05, 3.63) is 303 Å². The van der Waals surface area contributed by atoms with Gasteiger partial charge >= 0.3 is 6.18 Å². The van der Waals surface area contributed by atoms with Crippen molar-refractivity contribution in [1.29, 1.82) is 0 Å². The number of aryl methyl sites for hydroxylation is 4. The van der Waals surface area contributed by atoms with Crippen molar-refractivity contribution in [2.45, 2.75) is 109 Å². The van der Waals surface area contributed by atoms with E-state index in [0.717, 1.165) is 46.5 Å². The number of carbonyl (C=O) groups is 4. The van der Waals surface area contributed by atoms with Gasteiger partial charge in [0.05, 0.1) is 40.2 Å². The van der Waals surface area contributed by atoms with Crippen LogP contribution in [0, 0.1) is 88.9 Å². The van der Waals surface area contributed by atoms with Crippen LogP contribution in [0.4, 0.5) is 39.5 Å². The Bertz CT molecular complexity index is 4450. The number of ketones is 4. The van der Waals surface area contributed by atoms with Crippen LogP contribution in [0.3, 0.4) is 0 Å². The predicted molar refractivity (Wildman–Crippen MR) is 371 cm³/mol. The molecule has 101 heavy (non-hydrogen) atoms. The Balaban J connectivity index is 0.000000243. The van der Waals surface area contributed by atoms with Gasteiger partial charge in [0.25, 0.3) is 22.2 Å². The highest BCUT2D eigenvalue weighted by Crippen LogP contribution is 2.39. The molecule has 526 valence electrons. The standard InChI is InChI=1S/C20H16F5NO2.C19H16BrF2NO2.2C19H17ClFNO2/c1-12-4-6-13(7-5-12)17(27)10-19(2,26-3)11-28-18-9-16(22)15(21)8-14(18)20(23,24)25;1-12-4-6-13(7-5-12)17(24)10-19(2,23-3)11-25-18-9-16(22)15(21)8-14(18)20;1-13-4-6-14(7-5-13)17(23)11-19(2,22-3)12-24-18-9-8-15(21)10-16(18)20;1-13-4-6-14(7-5-13)17(23)11-19(2,22-3)12-24-18-10-15(21)8-9-16(18)20/h4-9H,10-11H2,1-2H3;4-9H,10-11H2,1-2H3;2*4-10H,11-12H2,1-2H3. The number of benzene rings is 8. The zero-order valence-electron chi connectivity index (χ0n) is 55.8. The summed E-state index contributed by atoms with van der Waals surface area (Å²) in [6.45, 7) is 42.6. The molecule has 0 spiro atoms. The van der Waals surface area contributed by atoms with E-state index in [9.17, 15) is 58.7 Å². The van der Waals surface area contributed by atoms with Crippen molar-refractivity contribution in [3.63, 3.8) is 0 Å². The second kappa shape index (κ2) is 36.4. The molecule has 0 fully saturated rings. The Morgan fingerprint density at radius 2 is 0.663 bits per heavy atom. The van der Waals surface area contributed by atoms with Crippen molar-refractivity contribution < 1.29 is 77.6 Å². The normalized spacial score (nSPS) is 13.1.